The molecule has 25 heavy (non-hydrogen) atoms. The van der Waals surface area contributed by atoms with E-state index in [0.717, 1.165) is 10.0 Å². The molecule has 0 aliphatic rings. The van der Waals surface area contributed by atoms with Crippen molar-refractivity contribution >= 4 is 33.9 Å². The summed E-state index contributed by atoms with van der Waals surface area (Å²) >= 11 is 3.34. The summed E-state index contributed by atoms with van der Waals surface area (Å²) in [6.07, 6.45) is 1.57. The van der Waals surface area contributed by atoms with Crippen LogP contribution in [0.25, 0.3) is 6.08 Å². The quantitative estimate of drug-likeness (QED) is 0.436. The molecule has 2 aromatic rings. The van der Waals surface area contributed by atoms with E-state index in [2.05, 4.69) is 21.2 Å². The fourth-order valence-corrected chi connectivity index (χ4v) is 2.22. The third-order valence-corrected chi connectivity index (χ3v) is 3.57. The minimum absolute atomic E-state index is 0.0701. The van der Waals surface area contributed by atoms with Crippen molar-refractivity contribution in [2.75, 3.05) is 13.2 Å². The van der Waals surface area contributed by atoms with E-state index >= 15 is 0 Å². The van der Waals surface area contributed by atoms with Crippen LogP contribution in [0, 0.1) is 0 Å². The molecule has 0 spiro atoms. The number of ether oxygens (including phenoxy) is 2. The number of hydrogen-bond donors (Lipinski definition) is 1. The monoisotopic (exact) mass is 403 g/mol. The van der Waals surface area contributed by atoms with E-state index in [1.165, 1.54) is 6.92 Å². The van der Waals surface area contributed by atoms with Crippen LogP contribution in [0.4, 0.5) is 0 Å². The van der Waals surface area contributed by atoms with Crippen LogP contribution >= 0.6 is 15.9 Å². The predicted octanol–water partition coefficient (Wildman–Crippen LogP) is 3.55. The molecule has 6 heteroatoms. The normalized spacial score (nSPS) is 10.9. The molecule has 0 aliphatic heterocycles. The second-order valence-corrected chi connectivity index (χ2v) is 6.00. The largest absolute Gasteiger partial charge is 0.490 e. The van der Waals surface area contributed by atoms with Crippen LogP contribution in [0.2, 0.25) is 0 Å². The Morgan fingerprint density at radius 2 is 1.72 bits per heavy atom. The summed E-state index contributed by atoms with van der Waals surface area (Å²) in [5, 5.41) is 2.49. The molecule has 0 unspecified atom stereocenters. The van der Waals surface area contributed by atoms with Gasteiger partial charge in [-0.15, -0.1) is 0 Å². The van der Waals surface area contributed by atoms with Crippen molar-refractivity contribution in [3.05, 3.63) is 70.3 Å². The van der Waals surface area contributed by atoms with Gasteiger partial charge in [0, 0.05) is 11.4 Å². The number of carbonyl (C=O) groups is 2. The van der Waals surface area contributed by atoms with E-state index in [1.54, 1.807) is 6.08 Å². The third kappa shape index (κ3) is 6.81. The molecule has 1 amide bonds. The van der Waals surface area contributed by atoms with Crippen molar-refractivity contribution in [3.8, 4) is 5.75 Å². The van der Waals surface area contributed by atoms with Crippen LogP contribution in [-0.2, 0) is 14.3 Å². The summed E-state index contributed by atoms with van der Waals surface area (Å²) in [4.78, 5) is 23.5. The average Bonchev–Trinajstić information content (AvgIpc) is 2.60. The number of nitrogens with one attached hydrogen (secondary N) is 1. The Balaban J connectivity index is 1.89. The number of halogens is 1. The van der Waals surface area contributed by atoms with Crippen molar-refractivity contribution in [2.24, 2.45) is 0 Å². The van der Waals surface area contributed by atoms with Gasteiger partial charge in [0.1, 0.15) is 24.7 Å². The molecule has 0 aliphatic carbocycles. The highest BCUT2D eigenvalue weighted by atomic mass is 79.9. The smallest absolute Gasteiger partial charge is 0.354 e. The first kappa shape index (κ1) is 18.7. The molecule has 0 atom stereocenters. The average molecular weight is 404 g/mol. The first-order valence-corrected chi connectivity index (χ1v) is 8.44. The predicted molar refractivity (Wildman–Crippen MR) is 98.8 cm³/mol. The van der Waals surface area contributed by atoms with Crippen LogP contribution < -0.4 is 10.1 Å². The van der Waals surface area contributed by atoms with E-state index in [0.29, 0.717) is 5.75 Å². The van der Waals surface area contributed by atoms with E-state index < -0.39 is 5.97 Å². The molecule has 0 saturated heterocycles. The Bertz CT molecular complexity index is 742. The molecule has 130 valence electrons. The van der Waals surface area contributed by atoms with Crippen molar-refractivity contribution in [3.63, 3.8) is 0 Å². The molecule has 1 N–H and O–H groups in total. The third-order valence-electron chi connectivity index (χ3n) is 3.04. The highest BCUT2D eigenvalue weighted by molar-refractivity contribution is 9.10. The van der Waals surface area contributed by atoms with E-state index in [-0.39, 0.29) is 24.8 Å². The maximum atomic E-state index is 12.2. The van der Waals surface area contributed by atoms with Crippen molar-refractivity contribution in [1.29, 1.82) is 0 Å². The number of carbonyl (C=O) groups excluding carboxylic acids is 2. The van der Waals surface area contributed by atoms with Crippen LogP contribution in [0.1, 0.15) is 12.5 Å². The second-order valence-electron chi connectivity index (χ2n) is 5.09. The summed E-state index contributed by atoms with van der Waals surface area (Å²) in [6, 6.07) is 16.5. The number of benzene rings is 2. The van der Waals surface area contributed by atoms with Crippen molar-refractivity contribution in [1.82, 2.24) is 5.32 Å². The van der Waals surface area contributed by atoms with Gasteiger partial charge >= 0.3 is 5.97 Å². The van der Waals surface area contributed by atoms with Gasteiger partial charge in [-0.3, -0.25) is 4.79 Å². The van der Waals surface area contributed by atoms with E-state index in [4.69, 9.17) is 9.47 Å². The SMILES string of the molecule is CC(=O)N/C(=C\c1ccccc1)C(=O)OCCOc1ccc(Br)cc1. The van der Waals surface area contributed by atoms with Crippen molar-refractivity contribution < 1.29 is 19.1 Å². The lowest BCUT2D eigenvalue weighted by Crippen LogP contribution is -2.27. The lowest BCUT2D eigenvalue weighted by molar-refractivity contribution is -0.141. The molecule has 5 nitrogen and oxygen atoms in total. The van der Waals surface area contributed by atoms with Gasteiger partial charge in [-0.1, -0.05) is 46.3 Å². The Hall–Kier alpha value is -2.60. The summed E-state index contributed by atoms with van der Waals surface area (Å²) in [5.41, 5.74) is 0.872. The number of amides is 1. The first-order valence-electron chi connectivity index (χ1n) is 7.64. The standard InChI is InChI=1S/C19H18BrNO4/c1-14(22)21-18(13-15-5-3-2-4-6-15)19(23)25-12-11-24-17-9-7-16(20)8-10-17/h2-10,13H,11-12H2,1H3,(H,21,22)/b18-13-. The lowest BCUT2D eigenvalue weighted by atomic mass is 10.2. The minimum atomic E-state index is -0.613. The lowest BCUT2D eigenvalue weighted by Gasteiger charge is -2.10. The maximum absolute atomic E-state index is 12.2. The Morgan fingerprint density at radius 3 is 2.36 bits per heavy atom. The summed E-state index contributed by atoms with van der Waals surface area (Å²) in [6.45, 7) is 1.62. The van der Waals surface area contributed by atoms with Gasteiger partial charge in [-0.05, 0) is 35.9 Å². The zero-order valence-corrected chi connectivity index (χ0v) is 15.3. The maximum Gasteiger partial charge on any atom is 0.354 e. The molecular weight excluding hydrogens is 386 g/mol. The van der Waals surface area contributed by atoms with Crippen LogP contribution in [-0.4, -0.2) is 25.1 Å². The molecule has 0 bridgehead atoms. The Kier molecular flexibility index (Phi) is 7.22. The summed E-state index contributed by atoms with van der Waals surface area (Å²) in [5.74, 6) is -0.273. The van der Waals surface area contributed by atoms with E-state index in [9.17, 15) is 9.59 Å². The molecule has 0 fully saturated rings. The van der Waals surface area contributed by atoms with Gasteiger partial charge in [0.05, 0.1) is 0 Å². The number of rotatable bonds is 7. The summed E-state index contributed by atoms with van der Waals surface area (Å²) in [7, 11) is 0. The number of esters is 1. The van der Waals surface area contributed by atoms with Gasteiger partial charge in [0.15, 0.2) is 0 Å². The highest BCUT2D eigenvalue weighted by Gasteiger charge is 2.12. The Labute approximate surface area is 154 Å². The molecule has 0 aromatic heterocycles. The molecule has 2 rings (SSSR count). The van der Waals surface area contributed by atoms with Crippen LogP contribution in [0.5, 0.6) is 5.75 Å². The number of hydrogen-bond acceptors (Lipinski definition) is 4. The van der Waals surface area contributed by atoms with Crippen LogP contribution in [0.3, 0.4) is 0 Å². The second kappa shape index (κ2) is 9.64. The van der Waals surface area contributed by atoms with Crippen molar-refractivity contribution in [2.45, 2.75) is 6.92 Å². The molecule has 2 aromatic carbocycles. The fraction of sp³-hybridized carbons (Fsp3) is 0.158. The minimum Gasteiger partial charge on any atom is -0.490 e. The van der Waals surface area contributed by atoms with Gasteiger partial charge in [-0.2, -0.15) is 0 Å². The first-order chi connectivity index (χ1) is 12.0. The van der Waals surface area contributed by atoms with Gasteiger partial charge in [-0.25, -0.2) is 4.79 Å². The molecule has 0 saturated carbocycles. The molecule has 0 radical (unpaired) electrons. The molecule has 0 heterocycles. The van der Waals surface area contributed by atoms with Gasteiger partial charge in [0.25, 0.3) is 0 Å². The zero-order chi connectivity index (χ0) is 18.1. The Morgan fingerprint density at radius 1 is 1.04 bits per heavy atom. The van der Waals surface area contributed by atoms with E-state index in [1.807, 2.05) is 54.6 Å². The zero-order valence-electron chi connectivity index (χ0n) is 13.7. The fourth-order valence-electron chi connectivity index (χ4n) is 1.95. The molecular formula is C19H18BrNO4. The van der Waals surface area contributed by atoms with Gasteiger partial charge in [0.2, 0.25) is 5.91 Å². The van der Waals surface area contributed by atoms with Crippen LogP contribution in [0.15, 0.2) is 64.8 Å². The highest BCUT2D eigenvalue weighted by Crippen LogP contribution is 2.16. The summed E-state index contributed by atoms with van der Waals surface area (Å²) < 4.78 is 11.6. The van der Waals surface area contributed by atoms with Gasteiger partial charge < -0.3 is 14.8 Å². The topological polar surface area (TPSA) is 64.6 Å².